The highest BCUT2D eigenvalue weighted by Gasteiger charge is 2.26. The fourth-order valence-corrected chi connectivity index (χ4v) is 2.87. The zero-order valence-electron chi connectivity index (χ0n) is 11.3. The smallest absolute Gasteiger partial charge is 0.122 e. The van der Waals surface area contributed by atoms with Crippen LogP contribution in [0.2, 0.25) is 0 Å². The van der Waals surface area contributed by atoms with E-state index in [9.17, 15) is 0 Å². The van der Waals surface area contributed by atoms with Crippen molar-refractivity contribution < 1.29 is 0 Å². The number of nitrogens with two attached hydrogens (primary N) is 1. The number of benzene rings is 1. The zero-order valence-corrected chi connectivity index (χ0v) is 11.3. The first-order valence-electron chi connectivity index (χ1n) is 6.75. The molecule has 1 atom stereocenters. The molecule has 1 aliphatic heterocycles. The van der Waals surface area contributed by atoms with Gasteiger partial charge in [-0.15, -0.1) is 0 Å². The van der Waals surface area contributed by atoms with Gasteiger partial charge in [0.15, 0.2) is 0 Å². The molecule has 0 amide bonds. The SMILES string of the molecule is CC(C)C1CCCN1Cc1cccc(C(=N)N)c1. The van der Waals surface area contributed by atoms with Crippen LogP contribution in [0.5, 0.6) is 0 Å². The first-order valence-corrected chi connectivity index (χ1v) is 6.75. The van der Waals surface area contributed by atoms with Crippen LogP contribution in [0.4, 0.5) is 0 Å². The van der Waals surface area contributed by atoms with Crippen LogP contribution in [0.1, 0.15) is 37.8 Å². The molecule has 2 rings (SSSR count). The highest BCUT2D eigenvalue weighted by molar-refractivity contribution is 5.95. The quantitative estimate of drug-likeness (QED) is 0.633. The van der Waals surface area contributed by atoms with E-state index in [1.54, 1.807) is 0 Å². The van der Waals surface area contributed by atoms with Gasteiger partial charge in [-0.25, -0.2) is 0 Å². The van der Waals surface area contributed by atoms with Gasteiger partial charge in [0.2, 0.25) is 0 Å². The van der Waals surface area contributed by atoms with Crippen molar-refractivity contribution in [2.24, 2.45) is 11.7 Å². The van der Waals surface area contributed by atoms with E-state index >= 15 is 0 Å². The predicted molar refractivity (Wildman–Crippen MR) is 75.7 cm³/mol. The van der Waals surface area contributed by atoms with Crippen LogP contribution >= 0.6 is 0 Å². The van der Waals surface area contributed by atoms with E-state index < -0.39 is 0 Å². The molecule has 0 aliphatic carbocycles. The summed E-state index contributed by atoms with van der Waals surface area (Å²) in [5, 5.41) is 7.49. The monoisotopic (exact) mass is 245 g/mol. The fraction of sp³-hybridized carbons (Fsp3) is 0.533. The van der Waals surface area contributed by atoms with Gasteiger partial charge in [0.1, 0.15) is 5.84 Å². The number of amidine groups is 1. The summed E-state index contributed by atoms with van der Waals surface area (Å²) in [7, 11) is 0. The lowest BCUT2D eigenvalue weighted by atomic mass is 10.0. The van der Waals surface area contributed by atoms with Crippen LogP contribution in [-0.4, -0.2) is 23.3 Å². The van der Waals surface area contributed by atoms with Gasteiger partial charge in [0.05, 0.1) is 0 Å². The maximum Gasteiger partial charge on any atom is 0.122 e. The molecule has 0 bridgehead atoms. The summed E-state index contributed by atoms with van der Waals surface area (Å²) in [4.78, 5) is 2.56. The molecule has 1 saturated heterocycles. The number of nitrogens with one attached hydrogen (secondary N) is 1. The van der Waals surface area contributed by atoms with Crippen molar-refractivity contribution in [1.29, 1.82) is 5.41 Å². The Hall–Kier alpha value is -1.35. The molecule has 3 nitrogen and oxygen atoms in total. The van der Waals surface area contributed by atoms with E-state index in [0.717, 1.165) is 12.1 Å². The minimum atomic E-state index is 0.152. The Morgan fingerprint density at radius 2 is 2.28 bits per heavy atom. The molecule has 0 radical (unpaired) electrons. The number of nitrogens with zero attached hydrogens (tertiary/aromatic N) is 1. The first-order chi connectivity index (χ1) is 8.58. The molecule has 1 unspecified atom stereocenters. The molecule has 98 valence electrons. The van der Waals surface area contributed by atoms with Crippen LogP contribution in [-0.2, 0) is 6.54 Å². The maximum atomic E-state index is 7.49. The molecule has 1 aromatic carbocycles. The molecule has 0 aromatic heterocycles. The topological polar surface area (TPSA) is 53.1 Å². The minimum Gasteiger partial charge on any atom is -0.384 e. The molecule has 1 aromatic rings. The van der Waals surface area contributed by atoms with Gasteiger partial charge in [0, 0.05) is 18.2 Å². The minimum absolute atomic E-state index is 0.152. The standard InChI is InChI=1S/C15H23N3/c1-11(2)14-7-4-8-18(14)10-12-5-3-6-13(9-12)15(16)17/h3,5-6,9,11,14H,4,7-8,10H2,1-2H3,(H3,16,17). The molecular formula is C15H23N3. The van der Waals surface area contributed by atoms with Crippen molar-refractivity contribution in [3.05, 3.63) is 35.4 Å². The van der Waals surface area contributed by atoms with Gasteiger partial charge >= 0.3 is 0 Å². The average Bonchev–Trinajstić information content (AvgIpc) is 2.77. The van der Waals surface area contributed by atoms with E-state index in [-0.39, 0.29) is 5.84 Å². The molecule has 0 spiro atoms. The Kier molecular flexibility index (Phi) is 4.02. The van der Waals surface area contributed by atoms with Crippen molar-refractivity contribution in [1.82, 2.24) is 4.90 Å². The third kappa shape index (κ3) is 2.91. The van der Waals surface area contributed by atoms with Crippen LogP contribution < -0.4 is 5.73 Å². The lowest BCUT2D eigenvalue weighted by Crippen LogP contribution is -2.32. The maximum absolute atomic E-state index is 7.49. The highest BCUT2D eigenvalue weighted by atomic mass is 15.2. The third-order valence-electron chi connectivity index (χ3n) is 3.81. The van der Waals surface area contributed by atoms with Crippen LogP contribution in [0.3, 0.4) is 0 Å². The Balaban J connectivity index is 2.09. The summed E-state index contributed by atoms with van der Waals surface area (Å²) < 4.78 is 0. The van der Waals surface area contributed by atoms with E-state index in [0.29, 0.717) is 12.0 Å². The van der Waals surface area contributed by atoms with E-state index in [2.05, 4.69) is 24.8 Å². The van der Waals surface area contributed by atoms with E-state index in [4.69, 9.17) is 11.1 Å². The van der Waals surface area contributed by atoms with E-state index in [1.165, 1.54) is 24.9 Å². The summed E-state index contributed by atoms with van der Waals surface area (Å²) in [6.45, 7) is 6.76. The Labute approximate surface area is 109 Å². The fourth-order valence-electron chi connectivity index (χ4n) is 2.87. The van der Waals surface area contributed by atoms with Crippen molar-refractivity contribution >= 4 is 5.84 Å². The zero-order chi connectivity index (χ0) is 13.1. The summed E-state index contributed by atoms with van der Waals surface area (Å²) >= 11 is 0. The van der Waals surface area contributed by atoms with Crippen molar-refractivity contribution in [2.75, 3.05) is 6.54 Å². The molecule has 0 saturated carbocycles. The van der Waals surface area contributed by atoms with Gasteiger partial charge in [-0.1, -0.05) is 32.0 Å². The average molecular weight is 245 g/mol. The van der Waals surface area contributed by atoms with Crippen molar-refractivity contribution in [3.63, 3.8) is 0 Å². The van der Waals surface area contributed by atoms with Crippen molar-refractivity contribution in [3.8, 4) is 0 Å². The summed E-state index contributed by atoms with van der Waals surface area (Å²) in [6, 6.07) is 8.76. The normalized spacial score (nSPS) is 20.5. The van der Waals surface area contributed by atoms with Crippen LogP contribution in [0, 0.1) is 11.3 Å². The predicted octanol–water partition coefficient (Wildman–Crippen LogP) is 2.59. The van der Waals surface area contributed by atoms with Crippen molar-refractivity contribution in [2.45, 2.75) is 39.3 Å². The first kappa shape index (κ1) is 13.1. The second-order valence-corrected chi connectivity index (χ2v) is 5.54. The van der Waals surface area contributed by atoms with Crippen LogP contribution in [0.15, 0.2) is 24.3 Å². The number of nitrogen functional groups attached to an aromatic ring is 1. The second-order valence-electron chi connectivity index (χ2n) is 5.54. The number of hydrogen-bond donors (Lipinski definition) is 2. The second kappa shape index (κ2) is 5.53. The Bertz CT molecular complexity index is 426. The summed E-state index contributed by atoms with van der Waals surface area (Å²) in [5.74, 6) is 0.863. The Morgan fingerprint density at radius 1 is 1.50 bits per heavy atom. The third-order valence-corrected chi connectivity index (χ3v) is 3.81. The van der Waals surface area contributed by atoms with E-state index in [1.807, 2.05) is 18.2 Å². The lowest BCUT2D eigenvalue weighted by Gasteiger charge is -2.27. The van der Waals surface area contributed by atoms with Crippen LogP contribution in [0.25, 0.3) is 0 Å². The van der Waals surface area contributed by atoms with Gasteiger partial charge in [0.25, 0.3) is 0 Å². The van der Waals surface area contributed by atoms with Gasteiger partial charge in [-0.2, -0.15) is 0 Å². The molecule has 18 heavy (non-hydrogen) atoms. The number of rotatable bonds is 4. The molecular weight excluding hydrogens is 222 g/mol. The summed E-state index contributed by atoms with van der Waals surface area (Å²) in [6.07, 6.45) is 2.61. The van der Waals surface area contributed by atoms with Gasteiger partial charge < -0.3 is 5.73 Å². The Morgan fingerprint density at radius 3 is 2.94 bits per heavy atom. The number of likely N-dealkylation sites (tertiary alicyclic amines) is 1. The number of hydrogen-bond acceptors (Lipinski definition) is 2. The largest absolute Gasteiger partial charge is 0.384 e. The lowest BCUT2D eigenvalue weighted by molar-refractivity contribution is 0.199. The molecule has 1 fully saturated rings. The molecule has 1 heterocycles. The van der Waals surface area contributed by atoms with Gasteiger partial charge in [-0.3, -0.25) is 10.3 Å². The highest BCUT2D eigenvalue weighted by Crippen LogP contribution is 2.25. The molecule has 1 aliphatic rings. The molecule has 3 N–H and O–H groups in total. The molecule has 3 heteroatoms. The van der Waals surface area contributed by atoms with Gasteiger partial charge in [-0.05, 0) is 36.9 Å². The summed E-state index contributed by atoms with van der Waals surface area (Å²) in [5.41, 5.74) is 7.62.